The van der Waals surface area contributed by atoms with Crippen LogP contribution in [0, 0.1) is 5.41 Å². The number of ether oxygens (including phenoxy) is 1. The van der Waals surface area contributed by atoms with Gasteiger partial charge in [-0.05, 0) is 18.2 Å². The van der Waals surface area contributed by atoms with E-state index < -0.39 is 9.84 Å². The molecule has 0 saturated heterocycles. The topological polar surface area (TPSA) is 93.2 Å². The molecule has 0 spiro atoms. The lowest BCUT2D eigenvalue weighted by Crippen LogP contribution is -2.18. The second-order valence-corrected chi connectivity index (χ2v) is 6.55. The van der Waals surface area contributed by atoms with E-state index in [0.717, 1.165) is 0 Å². The fourth-order valence-corrected chi connectivity index (χ4v) is 2.05. The van der Waals surface area contributed by atoms with Crippen LogP contribution in [0.5, 0.6) is 5.75 Å². The number of hydrogen-bond donors (Lipinski definition) is 2. The van der Waals surface area contributed by atoms with Crippen LogP contribution in [0.1, 0.15) is 12.5 Å². The highest BCUT2D eigenvalue weighted by Gasteiger charge is 2.11. The Morgan fingerprint density at radius 3 is 2.72 bits per heavy atom. The third-order valence-electron chi connectivity index (χ3n) is 2.33. The van der Waals surface area contributed by atoms with E-state index >= 15 is 0 Å². The van der Waals surface area contributed by atoms with Gasteiger partial charge in [0, 0.05) is 10.8 Å². The van der Waals surface area contributed by atoms with Crippen LogP contribution in [0.3, 0.4) is 0 Å². The van der Waals surface area contributed by atoms with Gasteiger partial charge in [0.15, 0.2) is 9.84 Å². The molecule has 5 nitrogen and oxygen atoms in total. The van der Waals surface area contributed by atoms with Crippen molar-refractivity contribution in [2.24, 2.45) is 5.73 Å². The van der Waals surface area contributed by atoms with Crippen molar-refractivity contribution in [1.29, 1.82) is 5.41 Å². The van der Waals surface area contributed by atoms with E-state index in [0.29, 0.717) is 16.3 Å². The number of rotatable bonds is 6. The van der Waals surface area contributed by atoms with Gasteiger partial charge in [-0.15, -0.1) is 0 Å². The highest BCUT2D eigenvalue weighted by Crippen LogP contribution is 2.23. The summed E-state index contributed by atoms with van der Waals surface area (Å²) in [7, 11) is -3.08. The van der Waals surface area contributed by atoms with Crippen LogP contribution < -0.4 is 10.5 Å². The van der Waals surface area contributed by atoms with Crippen molar-refractivity contribution < 1.29 is 13.2 Å². The van der Waals surface area contributed by atoms with Gasteiger partial charge in [0.1, 0.15) is 18.2 Å². The Bertz CT molecular complexity index is 543. The zero-order chi connectivity index (χ0) is 13.8. The van der Waals surface area contributed by atoms with Crippen molar-refractivity contribution in [3.8, 4) is 5.75 Å². The molecule has 18 heavy (non-hydrogen) atoms. The number of nitrogen functional groups attached to an aromatic ring is 1. The number of benzene rings is 1. The van der Waals surface area contributed by atoms with E-state index in [1.54, 1.807) is 19.1 Å². The van der Waals surface area contributed by atoms with E-state index in [9.17, 15) is 8.42 Å². The molecule has 1 aromatic rings. The molecular formula is C11H15ClN2O3S. The van der Waals surface area contributed by atoms with Crippen LogP contribution in [0.4, 0.5) is 0 Å². The largest absolute Gasteiger partial charge is 0.492 e. The molecule has 0 aliphatic rings. The number of nitrogens with one attached hydrogen (secondary N) is 1. The number of nitrogens with two attached hydrogens (primary N) is 1. The monoisotopic (exact) mass is 290 g/mol. The van der Waals surface area contributed by atoms with E-state index in [-0.39, 0.29) is 23.9 Å². The fourth-order valence-electron chi connectivity index (χ4n) is 1.26. The quantitative estimate of drug-likeness (QED) is 0.612. The zero-order valence-electron chi connectivity index (χ0n) is 9.94. The van der Waals surface area contributed by atoms with Crippen molar-refractivity contribution in [2.75, 3.05) is 18.1 Å². The van der Waals surface area contributed by atoms with Crippen LogP contribution in [-0.4, -0.2) is 32.4 Å². The number of hydrogen-bond acceptors (Lipinski definition) is 4. The average Bonchev–Trinajstić information content (AvgIpc) is 2.28. The van der Waals surface area contributed by atoms with Crippen LogP contribution in [0.15, 0.2) is 18.2 Å². The van der Waals surface area contributed by atoms with Gasteiger partial charge in [-0.3, -0.25) is 5.41 Å². The van der Waals surface area contributed by atoms with E-state index in [1.165, 1.54) is 6.07 Å². The minimum absolute atomic E-state index is 0.0107. The second-order valence-electron chi connectivity index (χ2n) is 3.64. The first-order valence-electron chi connectivity index (χ1n) is 5.33. The van der Waals surface area contributed by atoms with E-state index in [4.69, 9.17) is 27.5 Å². The smallest absolute Gasteiger partial charge is 0.153 e. The summed E-state index contributed by atoms with van der Waals surface area (Å²) in [5.41, 5.74) is 5.79. The molecular weight excluding hydrogens is 276 g/mol. The third kappa shape index (κ3) is 4.19. The fraction of sp³-hybridized carbons (Fsp3) is 0.364. The van der Waals surface area contributed by atoms with E-state index in [2.05, 4.69) is 0 Å². The Hall–Kier alpha value is -1.27. The predicted molar refractivity (Wildman–Crippen MR) is 72.3 cm³/mol. The molecule has 0 fully saturated rings. The summed E-state index contributed by atoms with van der Waals surface area (Å²) in [6, 6.07) is 4.67. The normalized spacial score (nSPS) is 11.2. The molecule has 0 atom stereocenters. The van der Waals surface area contributed by atoms with Crippen molar-refractivity contribution in [3.63, 3.8) is 0 Å². The summed E-state index contributed by atoms with van der Waals surface area (Å²) in [6.45, 7) is 1.59. The summed E-state index contributed by atoms with van der Waals surface area (Å²) in [5.74, 6) is 0.167. The molecule has 0 saturated carbocycles. The first kappa shape index (κ1) is 14.8. The van der Waals surface area contributed by atoms with Gasteiger partial charge < -0.3 is 10.5 Å². The van der Waals surface area contributed by atoms with Gasteiger partial charge in [0.2, 0.25) is 0 Å². The van der Waals surface area contributed by atoms with Crippen molar-refractivity contribution in [3.05, 3.63) is 28.8 Å². The molecule has 0 unspecified atom stereocenters. The Morgan fingerprint density at radius 2 is 2.17 bits per heavy atom. The summed E-state index contributed by atoms with van der Waals surface area (Å²) in [5, 5.41) is 7.82. The lowest BCUT2D eigenvalue weighted by Gasteiger charge is -2.10. The maximum Gasteiger partial charge on any atom is 0.153 e. The Morgan fingerprint density at radius 1 is 1.50 bits per heavy atom. The molecule has 0 heterocycles. The molecule has 1 aromatic carbocycles. The molecule has 3 N–H and O–H groups in total. The molecule has 1 rings (SSSR count). The van der Waals surface area contributed by atoms with Gasteiger partial charge in [0.25, 0.3) is 0 Å². The third-order valence-corrected chi connectivity index (χ3v) is 4.23. The Kier molecular flexibility index (Phi) is 4.98. The van der Waals surface area contributed by atoms with Gasteiger partial charge >= 0.3 is 0 Å². The van der Waals surface area contributed by atoms with Crippen LogP contribution >= 0.6 is 11.6 Å². The minimum Gasteiger partial charge on any atom is -0.492 e. The van der Waals surface area contributed by atoms with Crippen LogP contribution in [-0.2, 0) is 9.84 Å². The molecule has 0 aromatic heterocycles. The Labute approximate surface area is 111 Å². The molecule has 0 radical (unpaired) electrons. The second kappa shape index (κ2) is 6.06. The average molecular weight is 291 g/mol. The van der Waals surface area contributed by atoms with Crippen molar-refractivity contribution in [1.82, 2.24) is 0 Å². The standard InChI is InChI=1S/C11H15ClN2O3S/c1-2-18(15,16)6-5-17-10-7-8(12)3-4-9(10)11(13)14/h3-4,7H,2,5-6H2,1H3,(H3,13,14). The van der Waals surface area contributed by atoms with Crippen LogP contribution in [0.25, 0.3) is 0 Å². The number of sulfone groups is 1. The van der Waals surface area contributed by atoms with Crippen molar-refractivity contribution in [2.45, 2.75) is 6.92 Å². The summed E-state index contributed by atoms with van der Waals surface area (Å²) in [4.78, 5) is 0. The highest BCUT2D eigenvalue weighted by atomic mass is 35.5. The summed E-state index contributed by atoms with van der Waals surface area (Å²) < 4.78 is 27.9. The van der Waals surface area contributed by atoms with Gasteiger partial charge in [-0.25, -0.2) is 8.42 Å². The molecule has 0 aliphatic carbocycles. The lowest BCUT2D eigenvalue weighted by molar-refractivity contribution is 0.340. The molecule has 100 valence electrons. The molecule has 7 heteroatoms. The summed E-state index contributed by atoms with van der Waals surface area (Å²) >= 11 is 5.81. The number of amidine groups is 1. The predicted octanol–water partition coefficient (Wildman–Crippen LogP) is 1.44. The van der Waals surface area contributed by atoms with Gasteiger partial charge in [0.05, 0.1) is 11.3 Å². The SMILES string of the molecule is CCS(=O)(=O)CCOc1cc(Cl)ccc1C(=N)N. The molecule has 0 bridgehead atoms. The lowest BCUT2D eigenvalue weighted by atomic mass is 10.2. The van der Waals surface area contributed by atoms with Gasteiger partial charge in [-0.2, -0.15) is 0 Å². The molecule has 0 aliphatic heterocycles. The minimum atomic E-state index is -3.08. The first-order valence-corrected chi connectivity index (χ1v) is 7.53. The maximum absolute atomic E-state index is 11.3. The van der Waals surface area contributed by atoms with Crippen molar-refractivity contribution >= 4 is 27.3 Å². The van der Waals surface area contributed by atoms with Crippen LogP contribution in [0.2, 0.25) is 5.02 Å². The van der Waals surface area contributed by atoms with E-state index in [1.807, 2.05) is 0 Å². The maximum atomic E-state index is 11.3. The summed E-state index contributed by atoms with van der Waals surface area (Å²) in [6.07, 6.45) is 0. The first-order chi connectivity index (χ1) is 8.35. The molecule has 0 amide bonds. The Balaban J connectivity index is 2.78. The van der Waals surface area contributed by atoms with Gasteiger partial charge in [-0.1, -0.05) is 18.5 Å². The zero-order valence-corrected chi connectivity index (χ0v) is 11.5. The number of halogens is 1. The highest BCUT2D eigenvalue weighted by molar-refractivity contribution is 7.91.